The van der Waals surface area contributed by atoms with Gasteiger partial charge in [0.25, 0.3) is 0 Å². The normalized spacial score (nSPS) is 11.6. The average Bonchev–Trinajstić information content (AvgIpc) is 3.30. The number of carbonyl (C=O) groups is 1. The summed E-state index contributed by atoms with van der Waals surface area (Å²) in [5.41, 5.74) is 6.89. The number of amides is 1. The number of anilines is 1. The first kappa shape index (κ1) is 25.2. The smallest absolute Gasteiger partial charge is 0.248 e. The van der Waals surface area contributed by atoms with Gasteiger partial charge in [-0.3, -0.25) is 4.79 Å². The second-order valence-electron chi connectivity index (χ2n) is 8.96. The molecule has 0 aliphatic rings. The quantitative estimate of drug-likeness (QED) is 0.242. The Morgan fingerprint density at radius 3 is 2.47 bits per heavy atom. The zero-order valence-corrected chi connectivity index (χ0v) is 21.3. The molecule has 0 fully saturated rings. The molecule has 0 bridgehead atoms. The number of allylic oxidation sites excluding steroid dienone is 1. The fourth-order valence-electron chi connectivity index (χ4n) is 4.38. The predicted octanol–water partition coefficient (Wildman–Crippen LogP) is 8.33. The number of aryl methyl sites for hydroxylation is 2. The highest BCUT2D eigenvalue weighted by molar-refractivity contribution is 6.06. The van der Waals surface area contributed by atoms with Gasteiger partial charge in [0, 0.05) is 33.8 Å². The minimum atomic E-state index is -0.289. The van der Waals surface area contributed by atoms with Crippen molar-refractivity contribution in [3.8, 4) is 16.9 Å². The second-order valence-corrected chi connectivity index (χ2v) is 8.96. The Hall–Kier alpha value is -3.86. The number of hydrogen-bond donors (Lipinski definition) is 1. The molecule has 1 N–H and O–H groups in total. The molecule has 0 spiro atoms. The van der Waals surface area contributed by atoms with Crippen molar-refractivity contribution in [2.45, 2.75) is 47.0 Å². The topological polar surface area (TPSA) is 51.5 Å². The van der Waals surface area contributed by atoms with E-state index in [1.165, 1.54) is 17.7 Å². The second kappa shape index (κ2) is 11.3. The third-order valence-corrected chi connectivity index (χ3v) is 6.30. The van der Waals surface area contributed by atoms with Crippen molar-refractivity contribution in [3.05, 3.63) is 89.4 Å². The minimum Gasteiger partial charge on any atom is -0.493 e. The van der Waals surface area contributed by atoms with Crippen LogP contribution < -0.4 is 10.1 Å². The van der Waals surface area contributed by atoms with Crippen molar-refractivity contribution < 1.29 is 18.3 Å². The third-order valence-electron chi connectivity index (χ3n) is 6.30. The molecule has 0 saturated carbocycles. The average molecular weight is 486 g/mol. The van der Waals surface area contributed by atoms with Gasteiger partial charge in [0.05, 0.1) is 12.9 Å². The summed E-state index contributed by atoms with van der Waals surface area (Å²) in [5, 5.41) is 3.84. The van der Waals surface area contributed by atoms with Gasteiger partial charge in [-0.15, -0.1) is 0 Å². The maximum atomic E-state index is 13.5. The standard InChI is InChI=1S/C31H32FNO3/c1-5-7-8-22-9-15-25(16-10-22)33-29(34)17-20(3)26-18-27-28(23-11-13-24(32)14-12-23)19-36-31(27)21(4)30(26)35-6-2/h9-19H,5-8H2,1-4H3,(H,33,34)/b20-17+. The molecule has 0 saturated heterocycles. The van der Waals surface area contributed by atoms with E-state index in [1.54, 1.807) is 24.5 Å². The number of nitrogens with one attached hydrogen (secondary N) is 1. The highest BCUT2D eigenvalue weighted by Crippen LogP contribution is 2.40. The van der Waals surface area contributed by atoms with Gasteiger partial charge in [-0.1, -0.05) is 37.6 Å². The molecule has 4 nitrogen and oxygen atoms in total. The number of unbranched alkanes of at least 4 members (excludes halogenated alkanes) is 1. The van der Waals surface area contributed by atoms with Crippen LogP contribution in [0.15, 0.2) is 71.4 Å². The van der Waals surface area contributed by atoms with Gasteiger partial charge in [0.1, 0.15) is 17.1 Å². The third kappa shape index (κ3) is 5.51. The molecule has 1 aromatic heterocycles. The minimum absolute atomic E-state index is 0.208. The molecular weight excluding hydrogens is 453 g/mol. The molecule has 36 heavy (non-hydrogen) atoms. The zero-order chi connectivity index (χ0) is 25.7. The van der Waals surface area contributed by atoms with Crippen LogP contribution in [0, 0.1) is 12.7 Å². The molecule has 4 aromatic rings. The molecule has 1 amide bonds. The number of halogens is 1. The fourth-order valence-corrected chi connectivity index (χ4v) is 4.38. The van der Waals surface area contributed by atoms with E-state index in [2.05, 4.69) is 24.4 Å². The molecule has 1 heterocycles. The van der Waals surface area contributed by atoms with Gasteiger partial charge in [0.15, 0.2) is 0 Å². The van der Waals surface area contributed by atoms with E-state index in [9.17, 15) is 9.18 Å². The highest BCUT2D eigenvalue weighted by Gasteiger charge is 2.19. The van der Waals surface area contributed by atoms with E-state index in [0.29, 0.717) is 17.9 Å². The maximum absolute atomic E-state index is 13.5. The van der Waals surface area contributed by atoms with E-state index in [1.807, 2.05) is 39.0 Å². The van der Waals surface area contributed by atoms with E-state index in [-0.39, 0.29) is 11.7 Å². The summed E-state index contributed by atoms with van der Waals surface area (Å²) in [6.45, 7) is 8.43. The summed E-state index contributed by atoms with van der Waals surface area (Å²) in [4.78, 5) is 12.9. The van der Waals surface area contributed by atoms with Crippen LogP contribution in [0.2, 0.25) is 0 Å². The van der Waals surface area contributed by atoms with Crippen LogP contribution in [0.4, 0.5) is 10.1 Å². The summed E-state index contributed by atoms with van der Waals surface area (Å²) in [7, 11) is 0. The van der Waals surface area contributed by atoms with Gasteiger partial charge in [-0.05, 0) is 80.6 Å². The van der Waals surface area contributed by atoms with Crippen molar-refractivity contribution in [1.82, 2.24) is 0 Å². The first-order valence-electron chi connectivity index (χ1n) is 12.4. The fraction of sp³-hybridized carbons (Fsp3) is 0.258. The van der Waals surface area contributed by atoms with E-state index in [0.717, 1.165) is 58.2 Å². The Kier molecular flexibility index (Phi) is 7.89. The lowest BCUT2D eigenvalue weighted by Crippen LogP contribution is -2.09. The number of carbonyl (C=O) groups excluding carboxylic acids is 1. The van der Waals surface area contributed by atoms with Gasteiger partial charge in [-0.2, -0.15) is 0 Å². The van der Waals surface area contributed by atoms with Crippen LogP contribution in [-0.2, 0) is 11.2 Å². The van der Waals surface area contributed by atoms with Crippen LogP contribution >= 0.6 is 0 Å². The van der Waals surface area contributed by atoms with Gasteiger partial charge >= 0.3 is 0 Å². The molecule has 0 radical (unpaired) electrons. The predicted molar refractivity (Wildman–Crippen MR) is 145 cm³/mol. The largest absolute Gasteiger partial charge is 0.493 e. The Labute approximate surface area is 211 Å². The molecule has 4 rings (SSSR count). The lowest BCUT2D eigenvalue weighted by Gasteiger charge is -2.15. The zero-order valence-electron chi connectivity index (χ0n) is 21.3. The Balaban J connectivity index is 1.67. The Morgan fingerprint density at radius 2 is 1.81 bits per heavy atom. The molecule has 0 unspecified atom stereocenters. The lowest BCUT2D eigenvalue weighted by atomic mass is 9.96. The highest BCUT2D eigenvalue weighted by atomic mass is 19.1. The van der Waals surface area contributed by atoms with Crippen LogP contribution in [-0.4, -0.2) is 12.5 Å². The summed E-state index contributed by atoms with van der Waals surface area (Å²) >= 11 is 0. The number of hydrogen-bond acceptors (Lipinski definition) is 3. The molecule has 0 aliphatic carbocycles. The SMILES string of the molecule is CCCCc1ccc(NC(=O)/C=C(\C)c2cc3c(-c4ccc(F)cc4)coc3c(C)c2OCC)cc1. The molecule has 0 aliphatic heterocycles. The number of furan rings is 1. The molecular formula is C31H32FNO3. The Morgan fingerprint density at radius 1 is 1.08 bits per heavy atom. The van der Waals surface area contributed by atoms with Crippen molar-refractivity contribution in [2.24, 2.45) is 0 Å². The van der Waals surface area contributed by atoms with Crippen molar-refractivity contribution in [1.29, 1.82) is 0 Å². The number of benzene rings is 3. The first-order valence-corrected chi connectivity index (χ1v) is 12.4. The van der Waals surface area contributed by atoms with E-state index >= 15 is 0 Å². The lowest BCUT2D eigenvalue weighted by molar-refractivity contribution is -0.111. The maximum Gasteiger partial charge on any atom is 0.248 e. The van der Waals surface area contributed by atoms with Crippen LogP contribution in [0.3, 0.4) is 0 Å². The van der Waals surface area contributed by atoms with Crippen molar-refractivity contribution in [2.75, 3.05) is 11.9 Å². The van der Waals surface area contributed by atoms with Gasteiger partial charge in [-0.25, -0.2) is 4.39 Å². The molecule has 186 valence electrons. The summed E-state index contributed by atoms with van der Waals surface area (Å²) < 4.78 is 25.4. The van der Waals surface area contributed by atoms with E-state index in [4.69, 9.17) is 9.15 Å². The number of rotatable bonds is 9. The van der Waals surface area contributed by atoms with Crippen LogP contribution in [0.1, 0.15) is 50.3 Å². The Bertz CT molecular complexity index is 1380. The summed E-state index contributed by atoms with van der Waals surface area (Å²) in [6, 6.07) is 16.3. The molecule has 3 aromatic carbocycles. The van der Waals surface area contributed by atoms with Gasteiger partial charge < -0.3 is 14.5 Å². The molecule has 5 heteroatoms. The van der Waals surface area contributed by atoms with Crippen molar-refractivity contribution >= 4 is 28.1 Å². The summed E-state index contributed by atoms with van der Waals surface area (Å²) in [5.74, 6) is 0.189. The van der Waals surface area contributed by atoms with Crippen LogP contribution in [0.5, 0.6) is 5.75 Å². The number of ether oxygens (including phenoxy) is 1. The monoisotopic (exact) mass is 485 g/mol. The van der Waals surface area contributed by atoms with Crippen LogP contribution in [0.25, 0.3) is 27.7 Å². The summed E-state index contributed by atoms with van der Waals surface area (Å²) in [6.07, 6.45) is 6.62. The van der Waals surface area contributed by atoms with E-state index < -0.39 is 0 Å². The number of fused-ring (bicyclic) bond motifs is 1. The first-order chi connectivity index (χ1) is 17.4. The van der Waals surface area contributed by atoms with Crippen molar-refractivity contribution in [3.63, 3.8) is 0 Å². The molecule has 0 atom stereocenters. The van der Waals surface area contributed by atoms with Gasteiger partial charge in [0.2, 0.25) is 5.91 Å².